The van der Waals surface area contributed by atoms with Gasteiger partial charge in [0.1, 0.15) is 49.1 Å². The Bertz CT molecular complexity index is 2920. The molecule has 356 valence electrons. The Kier molecular flexibility index (Phi) is 23.2. The molecule has 11 nitrogen and oxygen atoms in total. The zero-order valence-corrected chi connectivity index (χ0v) is 40.7. The van der Waals surface area contributed by atoms with E-state index in [2.05, 4.69) is 49.3 Å². The zero-order chi connectivity index (χ0) is 50.1. The molecule has 0 aliphatic heterocycles. The number of nitriles is 2. The van der Waals surface area contributed by atoms with Crippen LogP contribution in [0.2, 0.25) is 0 Å². The minimum absolute atomic E-state index is 0.189. The molecule has 1 heterocycles. The van der Waals surface area contributed by atoms with Crippen molar-refractivity contribution in [3.05, 3.63) is 264 Å². The molecule has 0 unspecified atom stereocenters. The Morgan fingerprint density at radius 2 is 0.915 bits per heavy atom. The number of aromatic amines is 1. The first-order valence-electron chi connectivity index (χ1n) is 22.4. The fourth-order valence-corrected chi connectivity index (χ4v) is 6.31. The number of nitrogens with zero attached hydrogens (tertiary/aromatic N) is 4. The molecular weight excluding hydrogens is 953 g/mol. The van der Waals surface area contributed by atoms with Gasteiger partial charge >= 0.3 is 0 Å². The highest BCUT2D eigenvalue weighted by Crippen LogP contribution is 2.20. The summed E-state index contributed by atoms with van der Waals surface area (Å²) in [6, 6.07) is 72.8. The molecule has 3 N–H and O–H groups in total. The quantitative estimate of drug-likeness (QED) is 0.0578. The lowest BCUT2D eigenvalue weighted by Crippen LogP contribution is -2.04. The van der Waals surface area contributed by atoms with Crippen molar-refractivity contribution < 1.29 is 24.1 Å². The summed E-state index contributed by atoms with van der Waals surface area (Å²) in [7, 11) is 0. The fourth-order valence-electron chi connectivity index (χ4n) is 5.94. The lowest BCUT2D eigenvalue weighted by Gasteiger charge is -2.08. The maximum Gasteiger partial charge on any atom is 0.213 e. The summed E-state index contributed by atoms with van der Waals surface area (Å²) in [5.74, 6) is 3.55. The number of alkyl halides is 1. The van der Waals surface area contributed by atoms with Gasteiger partial charge in [-0.25, -0.2) is 4.98 Å². The number of rotatable bonds is 13. The summed E-state index contributed by atoms with van der Waals surface area (Å²) >= 11 is 3.36. The number of aromatic hydroxyl groups is 1. The van der Waals surface area contributed by atoms with E-state index in [0.29, 0.717) is 37.6 Å². The molecule has 0 spiro atoms. The Morgan fingerprint density at radius 3 is 1.27 bits per heavy atom. The molecule has 9 rings (SSSR count). The summed E-state index contributed by atoms with van der Waals surface area (Å²) in [6.07, 6.45) is 1.50. The normalized spacial score (nSPS) is 9.63. The molecule has 0 atom stereocenters. The number of ether oxygens (including phenoxy) is 4. The van der Waals surface area contributed by atoms with Crippen molar-refractivity contribution in [2.75, 3.05) is 6.61 Å². The van der Waals surface area contributed by atoms with Gasteiger partial charge in [-0.3, -0.25) is 10.5 Å². The second-order valence-corrected chi connectivity index (χ2v) is 15.4. The highest BCUT2D eigenvalue weighted by atomic mass is 79.9. The van der Waals surface area contributed by atoms with E-state index in [9.17, 15) is 0 Å². The molecule has 0 aliphatic carbocycles. The van der Waals surface area contributed by atoms with Gasteiger partial charge in [0.05, 0.1) is 29.9 Å². The first-order chi connectivity index (χ1) is 34.8. The van der Waals surface area contributed by atoms with Gasteiger partial charge in [-0.05, 0) is 126 Å². The second kappa shape index (κ2) is 31.1. The van der Waals surface area contributed by atoms with Gasteiger partial charge in [0.2, 0.25) is 5.90 Å². The van der Waals surface area contributed by atoms with Gasteiger partial charge in [-0.2, -0.15) is 15.6 Å². The molecule has 0 bridgehead atoms. The third-order valence-electron chi connectivity index (χ3n) is 9.67. The average molecular weight is 1010 g/mol. The van der Waals surface area contributed by atoms with Crippen molar-refractivity contribution in [1.82, 2.24) is 15.2 Å². The van der Waals surface area contributed by atoms with E-state index >= 15 is 0 Å². The number of hydrogen-bond donors (Lipinski definition) is 3. The van der Waals surface area contributed by atoms with Gasteiger partial charge in [-0.15, -0.1) is 0 Å². The van der Waals surface area contributed by atoms with Crippen LogP contribution >= 0.6 is 15.9 Å². The van der Waals surface area contributed by atoms with Crippen LogP contribution in [0.5, 0.6) is 23.0 Å². The van der Waals surface area contributed by atoms with E-state index in [1.54, 1.807) is 24.3 Å². The number of aromatic nitrogens is 3. The van der Waals surface area contributed by atoms with E-state index in [1.165, 1.54) is 24.0 Å². The van der Waals surface area contributed by atoms with E-state index < -0.39 is 0 Å². The topological polar surface area (TPSA) is 170 Å². The monoisotopic (exact) mass is 1000 g/mol. The van der Waals surface area contributed by atoms with Crippen molar-refractivity contribution in [3.63, 3.8) is 0 Å². The third-order valence-corrected chi connectivity index (χ3v) is 10.3. The second-order valence-electron chi connectivity index (χ2n) is 14.9. The molecule has 71 heavy (non-hydrogen) atoms. The predicted molar refractivity (Wildman–Crippen MR) is 282 cm³/mol. The summed E-state index contributed by atoms with van der Waals surface area (Å²) < 4.78 is 22.1. The maximum atomic E-state index is 8.74. The largest absolute Gasteiger partial charge is 0.508 e. The van der Waals surface area contributed by atoms with Crippen LogP contribution in [0.4, 0.5) is 0 Å². The van der Waals surface area contributed by atoms with Crippen molar-refractivity contribution in [1.29, 1.82) is 15.9 Å². The Morgan fingerprint density at radius 1 is 0.535 bits per heavy atom. The first kappa shape index (κ1) is 53.0. The number of benzene rings is 8. The lowest BCUT2D eigenvalue weighted by atomic mass is 10.2. The van der Waals surface area contributed by atoms with Crippen LogP contribution < -0.4 is 14.2 Å². The minimum Gasteiger partial charge on any atom is -0.508 e. The van der Waals surface area contributed by atoms with Gasteiger partial charge < -0.3 is 24.1 Å². The number of phenolic OH excluding ortho intramolecular Hbond substituents is 1. The number of H-pyrrole nitrogens is 1. The molecular formula is C59H53BrN6O5. The number of phenols is 1. The first-order valence-corrected chi connectivity index (χ1v) is 23.5. The molecule has 0 saturated carbocycles. The van der Waals surface area contributed by atoms with Gasteiger partial charge in [-0.1, -0.05) is 137 Å². The number of halogens is 1. The molecule has 12 heteroatoms. The Labute approximate surface area is 423 Å². The standard InChI is InChI=1S/C16H17NO2.C15H13N3O.C14H11NO.C7H7Br.C7H5NO/c1-2-18-16(17)14-8-10-15(11-9-14)19-12-13-6-4-3-5-7-13;1-2-4-12(5-3-1)10-19-14-8-6-13(7-9-14)15-16-11-17-18-15;15-10-12-6-8-14(9-7-12)16-11-13-4-2-1-3-5-13;8-6-7-4-2-1-3-5-7;8-5-6-1-3-7(9)4-2-6/h3-11,17H,2,12H2,1H3;1-9,11H,10H2,(H,16,17,18);1-9H,11H2;1-5H,6H2;1-4,9H. The van der Waals surface area contributed by atoms with Crippen molar-refractivity contribution in [3.8, 4) is 46.5 Å². The smallest absolute Gasteiger partial charge is 0.213 e. The highest BCUT2D eigenvalue weighted by Gasteiger charge is 2.04. The highest BCUT2D eigenvalue weighted by molar-refractivity contribution is 9.08. The van der Waals surface area contributed by atoms with Gasteiger partial charge in [0.25, 0.3) is 0 Å². The van der Waals surface area contributed by atoms with E-state index in [4.69, 9.17) is 40.0 Å². The van der Waals surface area contributed by atoms with Gasteiger partial charge in [0.15, 0.2) is 5.82 Å². The average Bonchev–Trinajstić information content (AvgIpc) is 4.00. The summed E-state index contributed by atoms with van der Waals surface area (Å²) in [5.41, 5.74) is 7.70. The van der Waals surface area contributed by atoms with E-state index in [-0.39, 0.29) is 11.6 Å². The van der Waals surface area contributed by atoms with Crippen LogP contribution in [0.25, 0.3) is 11.4 Å². The summed E-state index contributed by atoms with van der Waals surface area (Å²) in [6.45, 7) is 4.04. The molecule has 0 radical (unpaired) electrons. The fraction of sp³-hybridized carbons (Fsp3) is 0.102. The van der Waals surface area contributed by atoms with Crippen LogP contribution in [-0.2, 0) is 29.9 Å². The molecule has 0 amide bonds. The third kappa shape index (κ3) is 20.4. The molecule has 0 fully saturated rings. The predicted octanol–water partition coefficient (Wildman–Crippen LogP) is 13.7. The van der Waals surface area contributed by atoms with Crippen LogP contribution in [0.15, 0.2) is 225 Å². The van der Waals surface area contributed by atoms with E-state index in [1.807, 2.05) is 183 Å². The molecule has 8 aromatic carbocycles. The van der Waals surface area contributed by atoms with Gasteiger partial charge in [0, 0.05) is 16.5 Å². The van der Waals surface area contributed by atoms with Crippen molar-refractivity contribution in [2.24, 2.45) is 0 Å². The molecule has 1 aromatic heterocycles. The Hall–Kier alpha value is -8.97. The summed E-state index contributed by atoms with van der Waals surface area (Å²) in [4.78, 5) is 4.10. The van der Waals surface area contributed by atoms with Crippen LogP contribution in [-0.4, -0.2) is 32.8 Å². The van der Waals surface area contributed by atoms with Crippen molar-refractivity contribution in [2.45, 2.75) is 32.1 Å². The van der Waals surface area contributed by atoms with Crippen LogP contribution in [0, 0.1) is 28.1 Å². The zero-order valence-electron chi connectivity index (χ0n) is 39.1. The van der Waals surface area contributed by atoms with E-state index in [0.717, 1.165) is 56.2 Å². The van der Waals surface area contributed by atoms with Crippen LogP contribution in [0.1, 0.15) is 45.9 Å². The number of nitrogens with one attached hydrogen (secondary N) is 2. The number of hydrogen-bond acceptors (Lipinski definition) is 10. The maximum absolute atomic E-state index is 8.74. The SMILES string of the molecule is BrCc1ccccc1.CCOC(=N)c1ccc(OCc2ccccc2)cc1.N#Cc1ccc(O)cc1.N#Cc1ccc(OCc2ccccc2)cc1.c1ccc(COc2ccc(-c3ncn[nH]3)cc2)cc1. The minimum atomic E-state index is 0.189. The lowest BCUT2D eigenvalue weighted by molar-refractivity contribution is 0.306. The molecule has 9 aromatic rings. The molecule has 0 saturated heterocycles. The summed E-state index contributed by atoms with van der Waals surface area (Å²) in [5, 5.41) is 41.0. The van der Waals surface area contributed by atoms with Crippen LogP contribution in [0.3, 0.4) is 0 Å². The molecule has 0 aliphatic rings. The van der Waals surface area contributed by atoms with Crippen molar-refractivity contribution >= 4 is 21.8 Å². The Balaban J connectivity index is 0.000000171.